The van der Waals surface area contributed by atoms with E-state index >= 15 is 0 Å². The highest BCUT2D eigenvalue weighted by Crippen LogP contribution is 2.09. The number of carbonyl (C=O) groups excluding carboxylic acids is 1. The summed E-state index contributed by atoms with van der Waals surface area (Å²) in [6.45, 7) is 8.42. The highest BCUT2D eigenvalue weighted by molar-refractivity contribution is 5.78. The summed E-state index contributed by atoms with van der Waals surface area (Å²) in [6, 6.07) is 9.94. The normalized spacial score (nSPS) is 17.2. The largest absolute Gasteiger partial charge is 0.340 e. The number of piperazine rings is 1. The third-order valence-electron chi connectivity index (χ3n) is 3.55. The molecule has 0 atom stereocenters. The Labute approximate surface area is 121 Å². The summed E-state index contributed by atoms with van der Waals surface area (Å²) >= 11 is 0. The van der Waals surface area contributed by atoms with Gasteiger partial charge in [-0.15, -0.1) is 0 Å². The Balaban J connectivity index is 1.80. The SMILES string of the molecule is CC(C)(N)CN1CCN(C(=O)Cc2ccccc2)CC1. The molecule has 0 aliphatic carbocycles. The number of rotatable bonds is 4. The van der Waals surface area contributed by atoms with Crippen LogP contribution < -0.4 is 5.73 Å². The Morgan fingerprint density at radius 2 is 1.75 bits per heavy atom. The van der Waals surface area contributed by atoms with Crippen LogP contribution in [0.5, 0.6) is 0 Å². The summed E-state index contributed by atoms with van der Waals surface area (Å²) in [6.07, 6.45) is 0.503. The maximum Gasteiger partial charge on any atom is 0.227 e. The van der Waals surface area contributed by atoms with Gasteiger partial charge in [-0.1, -0.05) is 30.3 Å². The lowest BCUT2D eigenvalue weighted by Crippen LogP contribution is -2.54. The molecule has 0 saturated carbocycles. The Kier molecular flexibility index (Phi) is 4.78. The number of carbonyl (C=O) groups is 1. The third kappa shape index (κ3) is 4.62. The van der Waals surface area contributed by atoms with Crippen LogP contribution in [0, 0.1) is 0 Å². The first kappa shape index (κ1) is 15.0. The molecule has 20 heavy (non-hydrogen) atoms. The fourth-order valence-electron chi connectivity index (χ4n) is 2.61. The first-order valence-electron chi connectivity index (χ1n) is 7.27. The molecule has 1 saturated heterocycles. The van der Waals surface area contributed by atoms with Gasteiger partial charge >= 0.3 is 0 Å². The summed E-state index contributed by atoms with van der Waals surface area (Å²) < 4.78 is 0. The quantitative estimate of drug-likeness (QED) is 0.895. The van der Waals surface area contributed by atoms with Crippen molar-refractivity contribution in [3.8, 4) is 0 Å². The van der Waals surface area contributed by atoms with Gasteiger partial charge in [0.2, 0.25) is 5.91 Å². The molecule has 0 unspecified atom stereocenters. The van der Waals surface area contributed by atoms with Gasteiger partial charge in [0.05, 0.1) is 6.42 Å². The molecule has 0 spiro atoms. The molecule has 110 valence electrons. The molecule has 1 aromatic rings. The molecule has 0 bridgehead atoms. The molecule has 1 fully saturated rings. The molecule has 1 heterocycles. The highest BCUT2D eigenvalue weighted by atomic mass is 16.2. The summed E-state index contributed by atoms with van der Waals surface area (Å²) in [7, 11) is 0. The van der Waals surface area contributed by atoms with Crippen molar-refractivity contribution in [2.75, 3.05) is 32.7 Å². The zero-order chi connectivity index (χ0) is 14.6. The summed E-state index contributed by atoms with van der Waals surface area (Å²) in [5.41, 5.74) is 6.96. The van der Waals surface area contributed by atoms with E-state index < -0.39 is 0 Å². The van der Waals surface area contributed by atoms with E-state index in [2.05, 4.69) is 4.90 Å². The second kappa shape index (κ2) is 6.37. The standard InChI is InChI=1S/C16H25N3O/c1-16(2,17)13-18-8-10-19(11-9-18)15(20)12-14-6-4-3-5-7-14/h3-7H,8-13,17H2,1-2H3. The number of nitrogens with zero attached hydrogens (tertiary/aromatic N) is 2. The van der Waals surface area contributed by atoms with Crippen LogP contribution in [0.1, 0.15) is 19.4 Å². The van der Waals surface area contributed by atoms with Gasteiger partial charge in [0, 0.05) is 38.3 Å². The van der Waals surface area contributed by atoms with Crippen molar-refractivity contribution >= 4 is 5.91 Å². The number of nitrogens with two attached hydrogens (primary N) is 1. The van der Waals surface area contributed by atoms with Crippen molar-refractivity contribution in [2.24, 2.45) is 5.73 Å². The molecular weight excluding hydrogens is 250 g/mol. The van der Waals surface area contributed by atoms with E-state index in [0.717, 1.165) is 38.3 Å². The second-order valence-corrected chi connectivity index (χ2v) is 6.31. The van der Waals surface area contributed by atoms with E-state index in [-0.39, 0.29) is 11.4 Å². The van der Waals surface area contributed by atoms with Gasteiger partial charge in [-0.25, -0.2) is 0 Å². The minimum absolute atomic E-state index is 0.170. The fourth-order valence-corrected chi connectivity index (χ4v) is 2.61. The van der Waals surface area contributed by atoms with Gasteiger partial charge in [-0.3, -0.25) is 9.69 Å². The average Bonchev–Trinajstić information content (AvgIpc) is 2.39. The van der Waals surface area contributed by atoms with Crippen LogP contribution in [0.2, 0.25) is 0 Å². The first-order valence-corrected chi connectivity index (χ1v) is 7.27. The van der Waals surface area contributed by atoms with Gasteiger partial charge < -0.3 is 10.6 Å². The number of amides is 1. The van der Waals surface area contributed by atoms with Crippen LogP contribution in [0.25, 0.3) is 0 Å². The number of benzene rings is 1. The predicted octanol–water partition coefficient (Wildman–Crippen LogP) is 1.11. The molecule has 2 N–H and O–H groups in total. The van der Waals surface area contributed by atoms with Crippen LogP contribution in [0.3, 0.4) is 0 Å². The molecule has 2 rings (SSSR count). The zero-order valence-electron chi connectivity index (χ0n) is 12.5. The van der Waals surface area contributed by atoms with Crippen molar-refractivity contribution < 1.29 is 4.79 Å². The van der Waals surface area contributed by atoms with Crippen LogP contribution in [0.4, 0.5) is 0 Å². The Bertz CT molecular complexity index is 431. The summed E-state index contributed by atoms with van der Waals surface area (Å²) in [4.78, 5) is 16.5. The molecule has 1 aliphatic heterocycles. The van der Waals surface area contributed by atoms with Crippen molar-refractivity contribution in [2.45, 2.75) is 25.8 Å². The molecule has 4 nitrogen and oxygen atoms in total. The van der Waals surface area contributed by atoms with Crippen LogP contribution >= 0.6 is 0 Å². The first-order chi connectivity index (χ1) is 9.44. The van der Waals surface area contributed by atoms with Crippen molar-refractivity contribution in [1.29, 1.82) is 0 Å². The van der Waals surface area contributed by atoms with Crippen LogP contribution in [-0.4, -0.2) is 54.0 Å². The highest BCUT2D eigenvalue weighted by Gasteiger charge is 2.24. The monoisotopic (exact) mass is 275 g/mol. The average molecular weight is 275 g/mol. The number of hydrogen-bond donors (Lipinski definition) is 1. The topological polar surface area (TPSA) is 49.6 Å². The van der Waals surface area contributed by atoms with E-state index in [1.165, 1.54) is 0 Å². The Morgan fingerprint density at radius 3 is 2.30 bits per heavy atom. The molecule has 0 radical (unpaired) electrons. The smallest absolute Gasteiger partial charge is 0.227 e. The van der Waals surface area contributed by atoms with E-state index in [1.54, 1.807) is 0 Å². The van der Waals surface area contributed by atoms with E-state index in [9.17, 15) is 4.79 Å². The Hall–Kier alpha value is -1.39. The van der Waals surface area contributed by atoms with Gasteiger partial charge in [0.15, 0.2) is 0 Å². The van der Waals surface area contributed by atoms with E-state index in [0.29, 0.717) is 6.42 Å². The Morgan fingerprint density at radius 1 is 1.15 bits per heavy atom. The zero-order valence-corrected chi connectivity index (χ0v) is 12.5. The molecule has 1 amide bonds. The molecule has 4 heteroatoms. The minimum atomic E-state index is -0.170. The van der Waals surface area contributed by atoms with Gasteiger partial charge in [-0.2, -0.15) is 0 Å². The minimum Gasteiger partial charge on any atom is -0.340 e. The van der Waals surface area contributed by atoms with Crippen LogP contribution in [0.15, 0.2) is 30.3 Å². The third-order valence-corrected chi connectivity index (χ3v) is 3.55. The molecular formula is C16H25N3O. The van der Waals surface area contributed by atoms with E-state index in [4.69, 9.17) is 5.73 Å². The van der Waals surface area contributed by atoms with Crippen LogP contribution in [-0.2, 0) is 11.2 Å². The second-order valence-electron chi connectivity index (χ2n) is 6.31. The molecule has 1 aromatic carbocycles. The lowest BCUT2D eigenvalue weighted by Gasteiger charge is -2.37. The van der Waals surface area contributed by atoms with Gasteiger partial charge in [-0.05, 0) is 19.4 Å². The van der Waals surface area contributed by atoms with Gasteiger partial charge in [0.25, 0.3) is 0 Å². The van der Waals surface area contributed by atoms with Crippen molar-refractivity contribution in [3.63, 3.8) is 0 Å². The fraction of sp³-hybridized carbons (Fsp3) is 0.562. The predicted molar refractivity (Wildman–Crippen MR) is 81.4 cm³/mol. The molecule has 0 aromatic heterocycles. The lowest BCUT2D eigenvalue weighted by atomic mass is 10.1. The maximum absolute atomic E-state index is 12.2. The van der Waals surface area contributed by atoms with Crippen molar-refractivity contribution in [3.05, 3.63) is 35.9 Å². The summed E-state index contributed by atoms with van der Waals surface area (Å²) in [5.74, 6) is 0.225. The van der Waals surface area contributed by atoms with Gasteiger partial charge in [0.1, 0.15) is 0 Å². The maximum atomic E-state index is 12.2. The lowest BCUT2D eigenvalue weighted by molar-refractivity contribution is -0.132. The van der Waals surface area contributed by atoms with Crippen molar-refractivity contribution in [1.82, 2.24) is 9.80 Å². The number of hydrogen-bond acceptors (Lipinski definition) is 3. The molecule has 1 aliphatic rings. The van der Waals surface area contributed by atoms with E-state index in [1.807, 2.05) is 49.1 Å². The summed E-state index contributed by atoms with van der Waals surface area (Å²) in [5, 5.41) is 0.